The van der Waals surface area contributed by atoms with Gasteiger partial charge in [0.2, 0.25) is 0 Å². The van der Waals surface area contributed by atoms with Gasteiger partial charge < -0.3 is 10.6 Å². The van der Waals surface area contributed by atoms with Crippen molar-refractivity contribution in [2.24, 2.45) is 11.7 Å². The number of anilines is 1. The molecule has 5 heteroatoms. The van der Waals surface area contributed by atoms with Crippen LogP contribution in [0.3, 0.4) is 0 Å². The Labute approximate surface area is 124 Å². The summed E-state index contributed by atoms with van der Waals surface area (Å²) in [6, 6.07) is 10.3. The van der Waals surface area contributed by atoms with Gasteiger partial charge in [0.25, 0.3) is 0 Å². The first-order valence-electron chi connectivity index (χ1n) is 7.36. The molecule has 0 amide bonds. The number of benzene rings is 1. The first-order chi connectivity index (χ1) is 10.2. The minimum Gasteiger partial charge on any atom is -0.364 e. The molecule has 0 saturated carbocycles. The fraction of sp³-hybridized carbons (Fsp3) is 0.438. The number of fused-ring (bicyclic) bond motifs is 1. The van der Waals surface area contributed by atoms with Crippen LogP contribution in [0.5, 0.6) is 0 Å². The van der Waals surface area contributed by atoms with Gasteiger partial charge in [-0.3, -0.25) is 0 Å². The average molecular weight is 281 g/mol. The maximum Gasteiger partial charge on any atom is 0.187 e. The molecule has 0 bridgehead atoms. The van der Waals surface area contributed by atoms with Crippen molar-refractivity contribution in [3.05, 3.63) is 30.0 Å². The summed E-state index contributed by atoms with van der Waals surface area (Å²) in [5.41, 5.74) is 8.07. The molecule has 1 aliphatic rings. The zero-order valence-electron chi connectivity index (χ0n) is 12.2. The van der Waals surface area contributed by atoms with Crippen LogP contribution >= 0.6 is 0 Å². The smallest absolute Gasteiger partial charge is 0.187 e. The Morgan fingerprint density at radius 2 is 2.19 bits per heavy atom. The van der Waals surface area contributed by atoms with Gasteiger partial charge in [-0.15, -0.1) is 10.2 Å². The van der Waals surface area contributed by atoms with Crippen LogP contribution in [0.4, 0.5) is 5.69 Å². The molecule has 5 nitrogen and oxygen atoms in total. The monoisotopic (exact) mass is 281 g/mol. The second kappa shape index (κ2) is 5.66. The van der Waals surface area contributed by atoms with Gasteiger partial charge in [-0.2, -0.15) is 5.26 Å². The summed E-state index contributed by atoms with van der Waals surface area (Å²) in [5.74, 6) is 0.668. The molecule has 2 unspecified atom stereocenters. The first kappa shape index (κ1) is 13.8. The normalized spacial score (nSPS) is 22.2. The Morgan fingerprint density at radius 1 is 1.38 bits per heavy atom. The van der Waals surface area contributed by atoms with Crippen LogP contribution in [-0.4, -0.2) is 29.3 Å². The van der Waals surface area contributed by atoms with Gasteiger partial charge in [0.05, 0.1) is 11.2 Å². The molecule has 21 heavy (non-hydrogen) atoms. The van der Waals surface area contributed by atoms with Crippen LogP contribution < -0.4 is 10.6 Å². The summed E-state index contributed by atoms with van der Waals surface area (Å²) < 4.78 is 0. The van der Waals surface area contributed by atoms with Crippen molar-refractivity contribution >= 4 is 16.6 Å². The van der Waals surface area contributed by atoms with E-state index in [0.717, 1.165) is 36.0 Å². The summed E-state index contributed by atoms with van der Waals surface area (Å²) in [6.07, 6.45) is 2.16. The van der Waals surface area contributed by atoms with E-state index in [1.165, 1.54) is 0 Å². The number of nitrogens with two attached hydrogens (primary N) is 1. The van der Waals surface area contributed by atoms with Gasteiger partial charge in [-0.25, -0.2) is 0 Å². The molecule has 0 spiro atoms. The van der Waals surface area contributed by atoms with Gasteiger partial charge in [-0.1, -0.05) is 25.1 Å². The Balaban J connectivity index is 2.16. The topological polar surface area (TPSA) is 78.8 Å². The molecule has 0 aliphatic carbocycles. The van der Waals surface area contributed by atoms with Gasteiger partial charge in [0.1, 0.15) is 6.07 Å². The Morgan fingerprint density at radius 3 is 2.95 bits per heavy atom. The van der Waals surface area contributed by atoms with E-state index in [9.17, 15) is 5.26 Å². The quantitative estimate of drug-likeness (QED) is 0.911. The lowest BCUT2D eigenvalue weighted by Crippen LogP contribution is -2.46. The highest BCUT2D eigenvalue weighted by Gasteiger charge is 2.29. The molecule has 3 rings (SSSR count). The standard InChI is InChI=1S/C16H19N5/c1-11-6-7-21(12(8-11)9-17)16-13-4-2-3-5-14(13)19-20-15(16)10-18/h2-5,11-12H,6-9,17H2,1H3. The highest BCUT2D eigenvalue weighted by molar-refractivity contribution is 5.93. The van der Waals surface area contributed by atoms with E-state index in [2.05, 4.69) is 28.1 Å². The van der Waals surface area contributed by atoms with Crippen LogP contribution in [0.15, 0.2) is 24.3 Å². The number of nitrogens with zero attached hydrogens (tertiary/aromatic N) is 4. The lowest BCUT2D eigenvalue weighted by Gasteiger charge is -2.40. The predicted molar refractivity (Wildman–Crippen MR) is 82.8 cm³/mol. The van der Waals surface area contributed by atoms with Gasteiger partial charge in [-0.05, 0) is 24.8 Å². The van der Waals surface area contributed by atoms with Crippen molar-refractivity contribution in [3.63, 3.8) is 0 Å². The molecule has 0 radical (unpaired) electrons. The maximum atomic E-state index is 9.41. The summed E-state index contributed by atoms with van der Waals surface area (Å²) >= 11 is 0. The van der Waals surface area contributed by atoms with E-state index < -0.39 is 0 Å². The second-order valence-electron chi connectivity index (χ2n) is 5.74. The summed E-state index contributed by atoms with van der Waals surface area (Å²) in [6.45, 7) is 3.76. The minimum atomic E-state index is 0.258. The minimum absolute atomic E-state index is 0.258. The van der Waals surface area contributed by atoms with Gasteiger partial charge in [0.15, 0.2) is 5.69 Å². The molecule has 2 N–H and O–H groups in total. The summed E-state index contributed by atoms with van der Waals surface area (Å²) in [5, 5.41) is 18.6. The number of rotatable bonds is 2. The van der Waals surface area contributed by atoms with E-state index in [1.54, 1.807) is 0 Å². The summed E-state index contributed by atoms with van der Waals surface area (Å²) in [4.78, 5) is 2.26. The highest BCUT2D eigenvalue weighted by atomic mass is 15.2. The number of hydrogen-bond acceptors (Lipinski definition) is 5. The lowest BCUT2D eigenvalue weighted by molar-refractivity contribution is 0.367. The van der Waals surface area contributed by atoms with Crippen molar-refractivity contribution in [1.29, 1.82) is 5.26 Å². The maximum absolute atomic E-state index is 9.41. The Hall–Kier alpha value is -2.19. The Bertz CT molecular complexity index is 691. The third-order valence-corrected chi connectivity index (χ3v) is 4.28. The number of nitriles is 1. The Kier molecular flexibility index (Phi) is 3.72. The van der Waals surface area contributed by atoms with Crippen LogP contribution in [0, 0.1) is 17.2 Å². The molecule has 2 atom stereocenters. The number of aromatic nitrogens is 2. The molecular weight excluding hydrogens is 262 g/mol. The van der Waals surface area contributed by atoms with Crippen LogP contribution in [0.2, 0.25) is 0 Å². The third kappa shape index (κ3) is 2.43. The van der Waals surface area contributed by atoms with E-state index in [0.29, 0.717) is 18.2 Å². The number of hydrogen-bond donors (Lipinski definition) is 1. The number of piperidine rings is 1. The van der Waals surface area contributed by atoms with Crippen molar-refractivity contribution in [2.45, 2.75) is 25.8 Å². The molecular formula is C16H19N5. The van der Waals surface area contributed by atoms with Crippen molar-refractivity contribution < 1.29 is 0 Å². The fourth-order valence-electron chi connectivity index (χ4n) is 3.18. The molecule has 1 aromatic carbocycles. The van der Waals surface area contributed by atoms with Crippen molar-refractivity contribution in [3.8, 4) is 6.07 Å². The van der Waals surface area contributed by atoms with E-state index in [4.69, 9.17) is 5.73 Å². The van der Waals surface area contributed by atoms with Gasteiger partial charge in [0, 0.05) is 24.5 Å². The second-order valence-corrected chi connectivity index (χ2v) is 5.74. The first-order valence-corrected chi connectivity index (χ1v) is 7.36. The fourth-order valence-corrected chi connectivity index (χ4v) is 3.18. The van der Waals surface area contributed by atoms with Gasteiger partial charge >= 0.3 is 0 Å². The summed E-state index contributed by atoms with van der Waals surface area (Å²) in [7, 11) is 0. The van der Waals surface area contributed by atoms with E-state index >= 15 is 0 Å². The third-order valence-electron chi connectivity index (χ3n) is 4.28. The van der Waals surface area contributed by atoms with E-state index in [1.807, 2.05) is 24.3 Å². The zero-order chi connectivity index (χ0) is 14.8. The lowest BCUT2D eigenvalue weighted by atomic mass is 9.91. The van der Waals surface area contributed by atoms with Crippen LogP contribution in [0.1, 0.15) is 25.5 Å². The van der Waals surface area contributed by atoms with Crippen molar-refractivity contribution in [2.75, 3.05) is 18.0 Å². The SMILES string of the molecule is CC1CCN(c2c(C#N)nnc3ccccc23)C(CN)C1. The van der Waals surface area contributed by atoms with E-state index in [-0.39, 0.29) is 6.04 Å². The zero-order valence-corrected chi connectivity index (χ0v) is 12.2. The molecule has 2 heterocycles. The van der Waals surface area contributed by atoms with Crippen LogP contribution in [-0.2, 0) is 0 Å². The molecule has 108 valence electrons. The average Bonchev–Trinajstić information content (AvgIpc) is 2.53. The largest absolute Gasteiger partial charge is 0.364 e. The predicted octanol–water partition coefficient (Wildman–Crippen LogP) is 2.07. The highest BCUT2D eigenvalue weighted by Crippen LogP contribution is 2.33. The van der Waals surface area contributed by atoms with Crippen molar-refractivity contribution in [1.82, 2.24) is 10.2 Å². The molecule has 1 aromatic heterocycles. The molecule has 2 aromatic rings. The molecule has 1 saturated heterocycles. The molecule has 1 aliphatic heterocycles. The van der Waals surface area contributed by atoms with Crippen LogP contribution in [0.25, 0.3) is 10.9 Å². The molecule has 1 fully saturated rings.